The molecule has 342 valence electrons. The van der Waals surface area contributed by atoms with Crippen LogP contribution >= 0.6 is 0 Å². The van der Waals surface area contributed by atoms with Gasteiger partial charge in [-0.25, -0.2) is 4.79 Å². The molecule has 60 heavy (non-hydrogen) atoms. The molecule has 0 aromatic carbocycles. The molecule has 7 atom stereocenters. The van der Waals surface area contributed by atoms with Crippen molar-refractivity contribution in [1.29, 1.82) is 0 Å². The molecule has 12 N–H and O–H groups in total. The SMILES string of the molecule is CC(C)C[C@H](NC(=O)[C@@H](N)C(C)C)C(=O)NCC(=O)NCC(=O)N[C@H](C(=O)N[C@H](C(=O)N[C@@H](CC(=O)O)C(=O)N[C@H](C(=O)N[C@H](C(=O)O)C(C)C)C(C)C)C(C)C)C(C)C. The average molecular weight is 856 g/mol. The van der Waals surface area contributed by atoms with Crippen molar-refractivity contribution in [2.45, 2.75) is 138 Å². The van der Waals surface area contributed by atoms with Gasteiger partial charge in [-0.15, -0.1) is 0 Å². The number of nitrogens with one attached hydrogen (secondary N) is 8. The van der Waals surface area contributed by atoms with Crippen LogP contribution in [-0.4, -0.2) is 125 Å². The second-order valence-corrected chi connectivity index (χ2v) is 16.9. The van der Waals surface area contributed by atoms with E-state index in [1.165, 1.54) is 0 Å². The number of amides is 8. The molecule has 0 saturated heterocycles. The first-order valence-corrected chi connectivity index (χ1v) is 20.2. The Morgan fingerprint density at radius 2 is 0.833 bits per heavy atom. The van der Waals surface area contributed by atoms with E-state index >= 15 is 0 Å². The summed E-state index contributed by atoms with van der Waals surface area (Å²) < 4.78 is 0. The average Bonchev–Trinajstić information content (AvgIpc) is 3.12. The smallest absolute Gasteiger partial charge is 0.326 e. The molecule has 0 spiro atoms. The number of carbonyl (C=O) groups excluding carboxylic acids is 8. The molecule has 0 aromatic rings. The van der Waals surface area contributed by atoms with E-state index in [0.717, 1.165) is 0 Å². The minimum Gasteiger partial charge on any atom is -0.481 e. The predicted octanol–water partition coefficient (Wildman–Crippen LogP) is -1.66. The van der Waals surface area contributed by atoms with E-state index in [1.807, 2.05) is 13.8 Å². The molecule has 0 bridgehead atoms. The Morgan fingerprint density at radius 1 is 0.433 bits per heavy atom. The molecule has 0 rings (SSSR count). The molecule has 0 heterocycles. The van der Waals surface area contributed by atoms with Gasteiger partial charge in [0.05, 0.1) is 25.6 Å². The van der Waals surface area contributed by atoms with Crippen LogP contribution in [0.3, 0.4) is 0 Å². The molecule has 0 aliphatic heterocycles. The van der Waals surface area contributed by atoms with E-state index in [9.17, 15) is 58.2 Å². The van der Waals surface area contributed by atoms with Gasteiger partial charge >= 0.3 is 11.9 Å². The van der Waals surface area contributed by atoms with Crippen molar-refractivity contribution in [1.82, 2.24) is 42.5 Å². The maximum absolute atomic E-state index is 13.5. The third-order valence-electron chi connectivity index (χ3n) is 9.23. The number of carboxylic acid groups (broad SMARTS) is 2. The standard InChI is InChI=1S/C39H69N9O12/c1-17(2)13-23(43-35(55)28(40)18(3)4)33(53)42-15-25(49)41-16-26(50)45-29(19(5)6)37(57)47-30(20(7)8)36(56)44-24(14-27(51)52)34(54)46-31(21(9)10)38(58)48-32(22(11)12)39(59)60/h17-24,28-32H,13-16,40H2,1-12H3,(H,41,49)(H,42,53)(H,43,55)(H,44,56)(H,45,50)(H,46,54)(H,47,57)(H,48,58)(H,51,52)(H,59,60)/t23-,24-,28-,29-,30-,31-,32-/m0/s1. The topological polar surface area (TPSA) is 333 Å². The van der Waals surface area contributed by atoms with Crippen molar-refractivity contribution < 1.29 is 58.2 Å². The summed E-state index contributed by atoms with van der Waals surface area (Å²) in [5.74, 6) is -11.5. The second kappa shape index (κ2) is 26.0. The van der Waals surface area contributed by atoms with Gasteiger partial charge in [0.15, 0.2) is 0 Å². The van der Waals surface area contributed by atoms with E-state index in [4.69, 9.17) is 5.73 Å². The van der Waals surface area contributed by atoms with E-state index in [1.54, 1.807) is 69.2 Å². The van der Waals surface area contributed by atoms with Crippen molar-refractivity contribution in [3.05, 3.63) is 0 Å². The van der Waals surface area contributed by atoms with Crippen LogP contribution in [0.1, 0.15) is 95.9 Å². The summed E-state index contributed by atoms with van der Waals surface area (Å²) in [5, 5.41) is 38.6. The van der Waals surface area contributed by atoms with Gasteiger partial charge in [0.2, 0.25) is 47.3 Å². The van der Waals surface area contributed by atoms with Crippen LogP contribution in [0.5, 0.6) is 0 Å². The Balaban J connectivity index is 5.71. The predicted molar refractivity (Wildman–Crippen MR) is 219 cm³/mol. The highest BCUT2D eigenvalue weighted by atomic mass is 16.4. The Morgan fingerprint density at radius 3 is 1.25 bits per heavy atom. The monoisotopic (exact) mass is 856 g/mol. The van der Waals surface area contributed by atoms with Crippen molar-refractivity contribution in [3.8, 4) is 0 Å². The second-order valence-electron chi connectivity index (χ2n) is 16.9. The zero-order valence-corrected chi connectivity index (χ0v) is 36.9. The van der Waals surface area contributed by atoms with E-state index in [2.05, 4.69) is 42.5 Å². The highest BCUT2D eigenvalue weighted by Crippen LogP contribution is 2.11. The maximum Gasteiger partial charge on any atom is 0.326 e. The number of carbonyl (C=O) groups is 10. The zero-order chi connectivity index (χ0) is 46.8. The van der Waals surface area contributed by atoms with Crippen LogP contribution < -0.4 is 48.3 Å². The summed E-state index contributed by atoms with van der Waals surface area (Å²) in [6, 6.07) is -8.68. The molecule has 21 heteroatoms. The quantitative estimate of drug-likeness (QED) is 0.0465. The molecule has 0 aliphatic carbocycles. The van der Waals surface area contributed by atoms with E-state index in [0.29, 0.717) is 0 Å². The van der Waals surface area contributed by atoms with Gasteiger partial charge < -0.3 is 58.5 Å². The lowest BCUT2D eigenvalue weighted by Gasteiger charge is -2.29. The number of nitrogens with two attached hydrogens (primary N) is 1. The lowest BCUT2D eigenvalue weighted by Crippen LogP contribution is -2.61. The molecule has 0 unspecified atom stereocenters. The van der Waals surface area contributed by atoms with Gasteiger partial charge in [-0.05, 0) is 41.9 Å². The zero-order valence-electron chi connectivity index (χ0n) is 36.9. The van der Waals surface area contributed by atoms with Gasteiger partial charge in [-0.1, -0.05) is 83.1 Å². The molecule has 0 saturated carbocycles. The van der Waals surface area contributed by atoms with Gasteiger partial charge in [0.25, 0.3) is 0 Å². The van der Waals surface area contributed by atoms with Gasteiger partial charge in [-0.3, -0.25) is 43.2 Å². The Hall–Kier alpha value is -5.34. The van der Waals surface area contributed by atoms with Crippen LogP contribution in [-0.2, 0) is 47.9 Å². The third kappa shape index (κ3) is 19.6. The number of hydrogen-bond acceptors (Lipinski definition) is 11. The molecular weight excluding hydrogens is 786 g/mol. The van der Waals surface area contributed by atoms with Gasteiger partial charge in [0, 0.05) is 0 Å². The summed E-state index contributed by atoms with van der Waals surface area (Å²) in [6.45, 7) is 18.8. The lowest BCUT2D eigenvalue weighted by molar-refractivity contribution is -0.144. The van der Waals surface area contributed by atoms with Gasteiger partial charge in [-0.2, -0.15) is 0 Å². The van der Waals surface area contributed by atoms with Crippen molar-refractivity contribution >= 4 is 59.2 Å². The molecule has 8 amide bonds. The summed E-state index contributed by atoms with van der Waals surface area (Å²) in [4.78, 5) is 128. The van der Waals surface area contributed by atoms with Crippen molar-refractivity contribution in [3.63, 3.8) is 0 Å². The van der Waals surface area contributed by atoms with E-state index in [-0.39, 0.29) is 18.3 Å². The van der Waals surface area contributed by atoms with Crippen LogP contribution in [0.4, 0.5) is 0 Å². The fourth-order valence-electron chi connectivity index (χ4n) is 5.53. The number of carboxylic acids is 2. The first-order valence-electron chi connectivity index (χ1n) is 20.2. The summed E-state index contributed by atoms with van der Waals surface area (Å²) >= 11 is 0. The third-order valence-corrected chi connectivity index (χ3v) is 9.23. The molecule has 0 aromatic heterocycles. The summed E-state index contributed by atoms with van der Waals surface area (Å²) in [6.07, 6.45) is -0.632. The number of aliphatic carboxylic acids is 2. The number of rotatable bonds is 26. The minimum absolute atomic E-state index is 0.0153. The molecule has 0 fully saturated rings. The molecular formula is C39H69N9O12. The van der Waals surface area contributed by atoms with Crippen LogP contribution in [0.2, 0.25) is 0 Å². The van der Waals surface area contributed by atoms with E-state index < -0.39 is 145 Å². The fraction of sp³-hybridized carbons (Fsp3) is 0.744. The summed E-state index contributed by atoms with van der Waals surface area (Å²) in [7, 11) is 0. The normalized spacial score (nSPS) is 14.9. The van der Waals surface area contributed by atoms with Gasteiger partial charge in [0.1, 0.15) is 36.3 Å². The summed E-state index contributed by atoms with van der Waals surface area (Å²) in [5.41, 5.74) is 5.90. The highest BCUT2D eigenvalue weighted by molar-refractivity contribution is 5.98. The van der Waals surface area contributed by atoms with Crippen LogP contribution in [0.15, 0.2) is 0 Å². The van der Waals surface area contributed by atoms with Crippen LogP contribution in [0, 0.1) is 35.5 Å². The molecule has 21 nitrogen and oxygen atoms in total. The highest BCUT2D eigenvalue weighted by Gasteiger charge is 2.36. The fourth-order valence-corrected chi connectivity index (χ4v) is 5.53. The number of hydrogen-bond donors (Lipinski definition) is 11. The lowest BCUT2D eigenvalue weighted by atomic mass is 9.98. The Kier molecular flexibility index (Phi) is 23.7. The van der Waals surface area contributed by atoms with Crippen molar-refractivity contribution in [2.24, 2.45) is 41.2 Å². The van der Waals surface area contributed by atoms with Crippen molar-refractivity contribution in [2.75, 3.05) is 13.1 Å². The first kappa shape index (κ1) is 54.7. The Labute approximate surface area is 352 Å². The maximum atomic E-state index is 13.5. The Bertz CT molecular complexity index is 1530. The first-order chi connectivity index (χ1) is 27.6. The molecule has 0 radical (unpaired) electrons. The van der Waals surface area contributed by atoms with Crippen LogP contribution in [0.25, 0.3) is 0 Å². The largest absolute Gasteiger partial charge is 0.481 e. The molecule has 0 aliphatic rings. The minimum atomic E-state index is -1.72.